The number of nitrogens with two attached hydrogens (primary N) is 1. The summed E-state index contributed by atoms with van der Waals surface area (Å²) in [4.78, 5) is 0. The molecule has 0 atom stereocenters. The van der Waals surface area contributed by atoms with Crippen LogP contribution in [0, 0.1) is 0 Å². The fourth-order valence-corrected chi connectivity index (χ4v) is 2.55. The van der Waals surface area contributed by atoms with Crippen LogP contribution >= 0.6 is 0 Å². The molecule has 0 fully saturated rings. The Morgan fingerprint density at radius 2 is 1.05 bits per heavy atom. The molecule has 3 nitrogen and oxygen atoms in total. The van der Waals surface area contributed by atoms with E-state index in [2.05, 4.69) is 12.1 Å². The normalized spacial score (nSPS) is 11.9. The van der Waals surface area contributed by atoms with E-state index in [0.717, 1.165) is 12.8 Å². The van der Waals surface area contributed by atoms with E-state index < -0.39 is 0 Å². The first-order valence-electron chi connectivity index (χ1n) is 8.77. The number of hydrogen-bond acceptors (Lipinski definition) is 2. The van der Waals surface area contributed by atoms with Crippen LogP contribution in [0.3, 0.4) is 0 Å². The molecular formula is C17H36N2O. The number of rotatable bonds is 15. The molecule has 0 aliphatic heterocycles. The average Bonchev–Trinajstić information content (AvgIpc) is 2.47. The van der Waals surface area contributed by atoms with Gasteiger partial charge in [0, 0.05) is 6.42 Å². The van der Waals surface area contributed by atoms with Crippen molar-refractivity contribution < 1.29 is 5.21 Å². The lowest BCUT2D eigenvalue weighted by Crippen LogP contribution is -2.10. The van der Waals surface area contributed by atoms with Crippen LogP contribution in [0.4, 0.5) is 0 Å². The minimum atomic E-state index is 0.365. The predicted molar refractivity (Wildman–Crippen MR) is 88.3 cm³/mol. The van der Waals surface area contributed by atoms with Gasteiger partial charge in [-0.15, -0.1) is 0 Å². The number of amidine groups is 1. The molecule has 0 bridgehead atoms. The highest BCUT2D eigenvalue weighted by molar-refractivity contribution is 5.79. The van der Waals surface area contributed by atoms with Gasteiger partial charge in [-0.05, 0) is 6.42 Å². The molecule has 0 saturated carbocycles. The summed E-state index contributed by atoms with van der Waals surface area (Å²) in [5, 5.41) is 11.4. The van der Waals surface area contributed by atoms with E-state index in [1.165, 1.54) is 83.5 Å². The van der Waals surface area contributed by atoms with Gasteiger partial charge in [-0.25, -0.2) is 0 Å². The van der Waals surface area contributed by atoms with Crippen LogP contribution in [0.5, 0.6) is 0 Å². The van der Waals surface area contributed by atoms with Gasteiger partial charge >= 0.3 is 0 Å². The van der Waals surface area contributed by atoms with Gasteiger partial charge in [0.15, 0.2) is 0 Å². The molecule has 0 aromatic rings. The maximum absolute atomic E-state index is 8.40. The lowest BCUT2D eigenvalue weighted by molar-refractivity contribution is 0.316. The summed E-state index contributed by atoms with van der Waals surface area (Å²) in [5.41, 5.74) is 5.42. The zero-order valence-corrected chi connectivity index (χ0v) is 13.6. The Kier molecular flexibility index (Phi) is 15.7. The molecule has 0 amide bonds. The average molecular weight is 284 g/mol. The van der Waals surface area contributed by atoms with Crippen molar-refractivity contribution in [3.63, 3.8) is 0 Å². The van der Waals surface area contributed by atoms with Crippen molar-refractivity contribution in [1.82, 2.24) is 0 Å². The molecule has 0 aliphatic rings. The van der Waals surface area contributed by atoms with Crippen molar-refractivity contribution in [2.45, 2.75) is 103 Å². The summed E-state index contributed by atoms with van der Waals surface area (Å²) < 4.78 is 0. The highest BCUT2D eigenvalue weighted by Crippen LogP contribution is 2.13. The van der Waals surface area contributed by atoms with Gasteiger partial charge in [-0.3, -0.25) is 0 Å². The molecule has 0 aromatic carbocycles. The molecule has 3 N–H and O–H groups in total. The Labute approximate surface area is 126 Å². The fourth-order valence-electron chi connectivity index (χ4n) is 2.55. The zero-order chi connectivity index (χ0) is 14.9. The highest BCUT2D eigenvalue weighted by atomic mass is 16.4. The SMILES string of the molecule is CCCCCCCCCCCCCCCC/C(N)=N/O. The van der Waals surface area contributed by atoms with Gasteiger partial charge in [0.2, 0.25) is 0 Å². The van der Waals surface area contributed by atoms with Gasteiger partial charge in [-0.1, -0.05) is 95.6 Å². The molecule has 0 spiro atoms. The Hall–Kier alpha value is -0.730. The Morgan fingerprint density at radius 1 is 0.700 bits per heavy atom. The third kappa shape index (κ3) is 15.3. The van der Waals surface area contributed by atoms with Crippen molar-refractivity contribution in [3.8, 4) is 0 Å². The molecule has 3 heteroatoms. The predicted octanol–water partition coefficient (Wildman–Crippen LogP) is 5.60. The lowest BCUT2D eigenvalue weighted by atomic mass is 10.0. The van der Waals surface area contributed by atoms with Crippen LogP contribution in [0.15, 0.2) is 5.16 Å². The molecule has 0 heterocycles. The fraction of sp³-hybridized carbons (Fsp3) is 0.941. The smallest absolute Gasteiger partial charge is 0.139 e. The molecule has 120 valence electrons. The van der Waals surface area contributed by atoms with Crippen molar-refractivity contribution in [2.75, 3.05) is 0 Å². The first-order chi connectivity index (χ1) is 9.81. The first-order valence-corrected chi connectivity index (χ1v) is 8.77. The summed E-state index contributed by atoms with van der Waals surface area (Å²) in [5.74, 6) is 0.365. The number of unbranched alkanes of at least 4 members (excludes halogenated alkanes) is 13. The minimum absolute atomic E-state index is 0.365. The summed E-state index contributed by atoms with van der Waals surface area (Å²) in [7, 11) is 0. The monoisotopic (exact) mass is 284 g/mol. The Morgan fingerprint density at radius 3 is 1.40 bits per heavy atom. The lowest BCUT2D eigenvalue weighted by Gasteiger charge is -2.03. The van der Waals surface area contributed by atoms with Crippen LogP contribution < -0.4 is 5.73 Å². The van der Waals surface area contributed by atoms with Crippen LogP contribution in [0.2, 0.25) is 0 Å². The number of hydrogen-bond donors (Lipinski definition) is 2. The van der Waals surface area contributed by atoms with E-state index in [1.54, 1.807) is 0 Å². The van der Waals surface area contributed by atoms with Crippen molar-refractivity contribution in [1.29, 1.82) is 0 Å². The van der Waals surface area contributed by atoms with Gasteiger partial charge in [0.1, 0.15) is 5.84 Å². The summed E-state index contributed by atoms with van der Waals surface area (Å²) in [6.07, 6.45) is 19.7. The van der Waals surface area contributed by atoms with Crippen LogP contribution in [-0.2, 0) is 0 Å². The van der Waals surface area contributed by atoms with Crippen molar-refractivity contribution in [3.05, 3.63) is 0 Å². The first kappa shape index (κ1) is 19.3. The molecule has 20 heavy (non-hydrogen) atoms. The summed E-state index contributed by atoms with van der Waals surface area (Å²) in [6, 6.07) is 0. The van der Waals surface area contributed by atoms with Crippen LogP contribution in [0.25, 0.3) is 0 Å². The quantitative estimate of drug-likeness (QED) is 0.135. The second-order valence-corrected chi connectivity index (χ2v) is 5.94. The maximum Gasteiger partial charge on any atom is 0.139 e. The van der Waals surface area contributed by atoms with Crippen molar-refractivity contribution >= 4 is 5.84 Å². The van der Waals surface area contributed by atoms with Crippen LogP contribution in [-0.4, -0.2) is 11.0 Å². The second-order valence-electron chi connectivity index (χ2n) is 5.94. The summed E-state index contributed by atoms with van der Waals surface area (Å²) >= 11 is 0. The number of oxime groups is 1. The van der Waals surface area contributed by atoms with E-state index in [-0.39, 0.29) is 0 Å². The second kappa shape index (κ2) is 16.3. The molecule has 0 aliphatic carbocycles. The van der Waals surface area contributed by atoms with Gasteiger partial charge < -0.3 is 10.9 Å². The zero-order valence-electron chi connectivity index (χ0n) is 13.6. The Balaban J connectivity index is 2.99. The third-order valence-corrected chi connectivity index (χ3v) is 3.91. The third-order valence-electron chi connectivity index (χ3n) is 3.91. The van der Waals surface area contributed by atoms with E-state index in [4.69, 9.17) is 10.9 Å². The molecule has 0 saturated heterocycles. The largest absolute Gasteiger partial charge is 0.409 e. The van der Waals surface area contributed by atoms with E-state index in [9.17, 15) is 0 Å². The molecule has 0 rings (SSSR count). The molecule has 0 aromatic heterocycles. The van der Waals surface area contributed by atoms with E-state index in [0.29, 0.717) is 5.84 Å². The Bertz CT molecular complexity index is 217. The molecular weight excluding hydrogens is 248 g/mol. The van der Waals surface area contributed by atoms with Crippen molar-refractivity contribution in [2.24, 2.45) is 10.9 Å². The molecule has 0 unspecified atom stereocenters. The highest BCUT2D eigenvalue weighted by Gasteiger charge is 1.95. The number of nitrogens with zero attached hydrogens (tertiary/aromatic N) is 1. The maximum atomic E-state index is 8.40. The summed E-state index contributed by atoms with van der Waals surface area (Å²) in [6.45, 7) is 2.27. The standard InChI is InChI=1S/C17H36N2O/c1-2-3-4-5-6-7-8-9-10-11-12-13-14-15-16-17(18)19-20/h20H,2-16H2,1H3,(H2,18,19). The van der Waals surface area contributed by atoms with Gasteiger partial charge in [0.25, 0.3) is 0 Å². The van der Waals surface area contributed by atoms with Gasteiger partial charge in [0.05, 0.1) is 0 Å². The topological polar surface area (TPSA) is 58.6 Å². The molecule has 0 radical (unpaired) electrons. The minimum Gasteiger partial charge on any atom is -0.409 e. The van der Waals surface area contributed by atoms with Crippen LogP contribution in [0.1, 0.15) is 103 Å². The van der Waals surface area contributed by atoms with Gasteiger partial charge in [-0.2, -0.15) is 0 Å². The van der Waals surface area contributed by atoms with E-state index in [1.807, 2.05) is 0 Å². The van der Waals surface area contributed by atoms with E-state index >= 15 is 0 Å².